The summed E-state index contributed by atoms with van der Waals surface area (Å²) in [6.45, 7) is 4.06. The molecule has 1 unspecified atom stereocenters. The molecule has 0 saturated carbocycles. The Morgan fingerprint density at radius 1 is 1.12 bits per heavy atom. The van der Waals surface area contributed by atoms with Gasteiger partial charge in [0.15, 0.2) is 0 Å². The number of hydrogen-bond donors (Lipinski definition) is 0. The van der Waals surface area contributed by atoms with Crippen LogP contribution >= 0.6 is 11.6 Å². The van der Waals surface area contributed by atoms with Crippen LogP contribution in [-0.2, 0) is 12.6 Å². The van der Waals surface area contributed by atoms with Crippen LogP contribution in [0.5, 0.6) is 0 Å². The Hall–Kier alpha value is -0.700. The normalized spacial score (nSPS) is 14.1. The van der Waals surface area contributed by atoms with Gasteiger partial charge in [0.1, 0.15) is 0 Å². The van der Waals surface area contributed by atoms with Gasteiger partial charge in [-0.15, -0.1) is 11.6 Å². The third kappa shape index (κ3) is 4.58. The predicted octanol–water partition coefficient (Wildman–Crippen LogP) is 4.90. The summed E-state index contributed by atoms with van der Waals surface area (Å²) in [5.74, 6) is 0.381. The van der Waals surface area contributed by atoms with E-state index < -0.39 is 11.7 Å². The number of aryl methyl sites for hydroxylation is 1. The van der Waals surface area contributed by atoms with E-state index in [-0.39, 0.29) is 5.38 Å². The van der Waals surface area contributed by atoms with Crippen LogP contribution in [0.4, 0.5) is 13.2 Å². The third-order valence-corrected chi connectivity index (χ3v) is 3.44. The molecule has 17 heavy (non-hydrogen) atoms. The first-order chi connectivity index (χ1) is 7.80. The minimum Gasteiger partial charge on any atom is -0.166 e. The Morgan fingerprint density at radius 3 is 2.06 bits per heavy atom. The van der Waals surface area contributed by atoms with Crippen molar-refractivity contribution in [3.63, 3.8) is 0 Å². The van der Waals surface area contributed by atoms with Gasteiger partial charge in [0.05, 0.1) is 5.56 Å². The molecular weight excluding hydrogens is 249 g/mol. The van der Waals surface area contributed by atoms with Crippen molar-refractivity contribution in [1.82, 2.24) is 0 Å². The molecule has 96 valence electrons. The Kier molecular flexibility index (Phi) is 4.87. The zero-order valence-corrected chi connectivity index (χ0v) is 10.6. The van der Waals surface area contributed by atoms with Crippen molar-refractivity contribution in [3.8, 4) is 0 Å². The maximum Gasteiger partial charge on any atom is 0.416 e. The highest BCUT2D eigenvalue weighted by Crippen LogP contribution is 2.29. The molecule has 0 nitrogen and oxygen atoms in total. The average molecular weight is 265 g/mol. The highest BCUT2D eigenvalue weighted by molar-refractivity contribution is 6.20. The number of benzene rings is 1. The van der Waals surface area contributed by atoms with Crippen molar-refractivity contribution in [1.29, 1.82) is 0 Å². The van der Waals surface area contributed by atoms with E-state index >= 15 is 0 Å². The lowest BCUT2D eigenvalue weighted by atomic mass is 10.0. The molecule has 0 aliphatic heterocycles. The Bertz CT molecular complexity index is 341. The van der Waals surface area contributed by atoms with E-state index in [0.717, 1.165) is 24.1 Å². The topological polar surface area (TPSA) is 0 Å². The third-order valence-electron chi connectivity index (χ3n) is 2.71. The van der Waals surface area contributed by atoms with Crippen LogP contribution in [0, 0.1) is 5.92 Å². The highest BCUT2D eigenvalue weighted by atomic mass is 35.5. The van der Waals surface area contributed by atoms with Crippen molar-refractivity contribution < 1.29 is 13.2 Å². The minimum atomic E-state index is -4.26. The van der Waals surface area contributed by atoms with Gasteiger partial charge in [-0.05, 0) is 36.5 Å². The van der Waals surface area contributed by atoms with Crippen LogP contribution in [0.1, 0.15) is 31.4 Å². The van der Waals surface area contributed by atoms with Gasteiger partial charge in [0.2, 0.25) is 0 Å². The molecule has 1 atom stereocenters. The van der Waals surface area contributed by atoms with Crippen molar-refractivity contribution in [2.75, 3.05) is 0 Å². The predicted molar refractivity (Wildman–Crippen MR) is 64.2 cm³/mol. The monoisotopic (exact) mass is 264 g/mol. The molecule has 0 heterocycles. The second kappa shape index (κ2) is 5.76. The summed E-state index contributed by atoms with van der Waals surface area (Å²) in [5.41, 5.74) is 0.289. The Morgan fingerprint density at radius 2 is 1.65 bits per heavy atom. The molecule has 0 aliphatic carbocycles. The summed E-state index contributed by atoms with van der Waals surface area (Å²) in [5, 5.41) is 0.0669. The second-order valence-electron chi connectivity index (χ2n) is 4.49. The van der Waals surface area contributed by atoms with Crippen LogP contribution in [0.2, 0.25) is 0 Å². The lowest BCUT2D eigenvalue weighted by Gasteiger charge is -2.13. The van der Waals surface area contributed by atoms with Gasteiger partial charge in [-0.1, -0.05) is 26.0 Å². The molecule has 0 saturated heterocycles. The van der Waals surface area contributed by atoms with Gasteiger partial charge in [0.25, 0.3) is 0 Å². The lowest BCUT2D eigenvalue weighted by molar-refractivity contribution is -0.137. The van der Waals surface area contributed by atoms with Gasteiger partial charge in [0, 0.05) is 5.38 Å². The average Bonchev–Trinajstić information content (AvgIpc) is 2.25. The van der Waals surface area contributed by atoms with E-state index in [0.29, 0.717) is 12.3 Å². The zero-order valence-electron chi connectivity index (χ0n) is 9.89. The smallest absolute Gasteiger partial charge is 0.166 e. The fourth-order valence-electron chi connectivity index (χ4n) is 1.50. The fourth-order valence-corrected chi connectivity index (χ4v) is 1.61. The van der Waals surface area contributed by atoms with E-state index in [2.05, 4.69) is 0 Å². The minimum absolute atomic E-state index is 0.0669. The maximum atomic E-state index is 12.3. The van der Waals surface area contributed by atoms with Crippen LogP contribution < -0.4 is 0 Å². The number of halogens is 4. The molecule has 1 aromatic carbocycles. The molecule has 0 amide bonds. The van der Waals surface area contributed by atoms with E-state index in [1.165, 1.54) is 12.1 Å². The fraction of sp³-hybridized carbons (Fsp3) is 0.538. The van der Waals surface area contributed by atoms with Crippen molar-refractivity contribution >= 4 is 11.6 Å². The zero-order chi connectivity index (χ0) is 13.1. The summed E-state index contributed by atoms with van der Waals surface area (Å²) >= 11 is 6.09. The molecule has 0 N–H and O–H groups in total. The molecule has 1 rings (SSSR count). The number of alkyl halides is 4. The Balaban J connectivity index is 2.57. The molecule has 0 spiro atoms. The van der Waals surface area contributed by atoms with Crippen molar-refractivity contribution in [2.45, 2.75) is 38.2 Å². The molecule has 4 heteroatoms. The van der Waals surface area contributed by atoms with Gasteiger partial charge in [-0.3, -0.25) is 0 Å². The molecule has 0 radical (unpaired) electrons. The first-order valence-corrected chi connectivity index (χ1v) is 6.04. The summed E-state index contributed by atoms with van der Waals surface area (Å²) in [4.78, 5) is 0. The molecule has 0 fully saturated rings. The van der Waals surface area contributed by atoms with Crippen LogP contribution in [0.3, 0.4) is 0 Å². The summed E-state index contributed by atoms with van der Waals surface area (Å²) in [6.07, 6.45) is -2.76. The van der Waals surface area contributed by atoms with Crippen LogP contribution in [0.25, 0.3) is 0 Å². The highest BCUT2D eigenvalue weighted by Gasteiger charge is 2.29. The van der Waals surface area contributed by atoms with E-state index in [1.807, 2.05) is 13.8 Å². The standard InChI is InChI=1S/C13H16ClF3/c1-9(2)12(14)8-5-10-3-6-11(7-4-10)13(15,16)17/h3-4,6-7,9,12H,5,8H2,1-2H3. The molecule has 1 aromatic rings. The van der Waals surface area contributed by atoms with E-state index in [4.69, 9.17) is 11.6 Å². The van der Waals surface area contributed by atoms with Crippen molar-refractivity contribution in [2.24, 2.45) is 5.92 Å². The van der Waals surface area contributed by atoms with Crippen LogP contribution in [-0.4, -0.2) is 5.38 Å². The van der Waals surface area contributed by atoms with Crippen molar-refractivity contribution in [3.05, 3.63) is 35.4 Å². The Labute approximate surface area is 105 Å². The molecule has 0 bridgehead atoms. The summed E-state index contributed by atoms with van der Waals surface area (Å²) < 4.78 is 37.0. The van der Waals surface area contributed by atoms with Crippen LogP contribution in [0.15, 0.2) is 24.3 Å². The van der Waals surface area contributed by atoms with Gasteiger partial charge >= 0.3 is 6.18 Å². The first kappa shape index (κ1) is 14.4. The molecule has 0 aliphatic rings. The summed E-state index contributed by atoms with van der Waals surface area (Å²) in [7, 11) is 0. The van der Waals surface area contributed by atoms with E-state index in [1.54, 1.807) is 0 Å². The molecule has 0 aromatic heterocycles. The maximum absolute atomic E-state index is 12.3. The second-order valence-corrected chi connectivity index (χ2v) is 5.05. The van der Waals surface area contributed by atoms with E-state index in [9.17, 15) is 13.2 Å². The lowest BCUT2D eigenvalue weighted by Crippen LogP contribution is -2.09. The van der Waals surface area contributed by atoms with Gasteiger partial charge in [-0.2, -0.15) is 13.2 Å². The summed E-state index contributed by atoms with van der Waals surface area (Å²) in [6, 6.07) is 5.28. The number of hydrogen-bond acceptors (Lipinski definition) is 0. The molecular formula is C13H16ClF3. The SMILES string of the molecule is CC(C)C(Cl)CCc1ccc(C(F)(F)F)cc1. The first-order valence-electron chi connectivity index (χ1n) is 5.61. The number of rotatable bonds is 4. The largest absolute Gasteiger partial charge is 0.416 e. The van der Waals surface area contributed by atoms with Gasteiger partial charge in [-0.25, -0.2) is 0 Å². The quantitative estimate of drug-likeness (QED) is 0.679. The van der Waals surface area contributed by atoms with Gasteiger partial charge < -0.3 is 0 Å².